The van der Waals surface area contributed by atoms with E-state index in [0.29, 0.717) is 49.7 Å². The van der Waals surface area contributed by atoms with E-state index in [2.05, 4.69) is 66.2 Å². The molecular weight excluding hydrogens is 787 g/mol. The molecule has 4 atom stereocenters. The van der Waals surface area contributed by atoms with Gasteiger partial charge in [-0.25, -0.2) is 5.43 Å². The second kappa shape index (κ2) is 18.2. The van der Waals surface area contributed by atoms with Crippen LogP contribution in [0.5, 0.6) is 0 Å². The number of nitrogens with zero attached hydrogens (tertiary/aromatic N) is 4. The Labute approximate surface area is 364 Å². The molecule has 7 rings (SSSR count). The molecule has 0 radical (unpaired) electrons. The average Bonchev–Trinajstić information content (AvgIpc) is 3.54. The molecule has 0 spiro atoms. The fourth-order valence-electron chi connectivity index (χ4n) is 9.66. The molecule has 1 saturated heterocycles. The number of amides is 3. The number of carbonyl (C=O) groups excluding carboxylic acids is 4. The highest BCUT2D eigenvalue weighted by atomic mass is 16.5. The summed E-state index contributed by atoms with van der Waals surface area (Å²) in [4.78, 5) is 79.6. The van der Waals surface area contributed by atoms with Gasteiger partial charge in [0.25, 0.3) is 5.91 Å². The van der Waals surface area contributed by atoms with Crippen molar-refractivity contribution in [1.29, 1.82) is 0 Å². The lowest BCUT2D eigenvalue weighted by molar-refractivity contribution is -0.155. The van der Waals surface area contributed by atoms with E-state index in [1.165, 1.54) is 16.0 Å². The van der Waals surface area contributed by atoms with Gasteiger partial charge in [-0.2, -0.15) is 0 Å². The lowest BCUT2D eigenvalue weighted by Gasteiger charge is -2.39. The standard InChI is InChI=1S/C48H63N7O7/c1-10-54-40-16-15-30-21-35(40)36(43(54)34-13-11-17-49-41(34)29(5)61-9)25-48(6,7)26-62-47(60)37-14-12-18-55(52-37)46(59)39(23-32-22-33(56)24-38(30)50-32)51-44(57)42(27(2)3)53(8)45(58)31-19-28(4)20-31/h11,13,15-17,21-22,24,27-29,31,37,39,42,52H,10,12,14,18-20,23,25-26H2,1-9H3,(H,50,56)(H,51,57)/t28?,29-,31?,37-,39-,42-/m0/s1. The summed E-state index contributed by atoms with van der Waals surface area (Å²) < 4.78 is 14.2. The maximum absolute atomic E-state index is 14.6. The van der Waals surface area contributed by atoms with E-state index in [0.717, 1.165) is 51.8 Å². The highest BCUT2D eigenvalue weighted by Gasteiger charge is 2.41. The number of esters is 1. The van der Waals surface area contributed by atoms with Gasteiger partial charge in [0.15, 0.2) is 5.43 Å². The minimum absolute atomic E-state index is 0.0525. The molecule has 0 unspecified atom stereocenters. The van der Waals surface area contributed by atoms with Gasteiger partial charge in [-0.1, -0.05) is 40.7 Å². The number of aryl methyl sites for hydroxylation is 1. The van der Waals surface area contributed by atoms with Crippen LogP contribution in [0.2, 0.25) is 0 Å². The zero-order valence-corrected chi connectivity index (χ0v) is 37.7. The van der Waals surface area contributed by atoms with Crippen LogP contribution < -0.4 is 16.2 Å². The second-order valence-corrected chi connectivity index (χ2v) is 18.8. The van der Waals surface area contributed by atoms with Crippen molar-refractivity contribution in [3.05, 3.63) is 75.8 Å². The molecule has 2 aliphatic heterocycles. The first-order chi connectivity index (χ1) is 29.5. The fraction of sp³-hybridized carbons (Fsp3) is 0.542. The second-order valence-electron chi connectivity index (χ2n) is 18.8. The van der Waals surface area contributed by atoms with Crippen LogP contribution in [0, 0.1) is 23.2 Å². The molecule has 14 heteroatoms. The SMILES string of the molecule is CCn1c(-c2cccnc2[C@H](C)OC)c2c3cc(ccc31)-c1cc(=O)cc([nH]1)C[C@H](NC(=O)[C@H](C(C)C)N(C)C(=O)C1CC(C)C1)C(=O)N1CCC[C@H](N1)C(=O)OCC(C)(C)C2. The predicted octanol–water partition coefficient (Wildman–Crippen LogP) is 5.96. The van der Waals surface area contributed by atoms with Gasteiger partial charge in [0.05, 0.1) is 24.1 Å². The molecule has 6 bridgehead atoms. The maximum atomic E-state index is 14.6. The molecule has 4 aromatic rings. The summed E-state index contributed by atoms with van der Waals surface area (Å²) in [6, 6.07) is 10.3. The van der Waals surface area contributed by atoms with E-state index >= 15 is 0 Å². The lowest BCUT2D eigenvalue weighted by Crippen LogP contribution is -2.62. The number of nitrogens with one attached hydrogen (secondary N) is 3. The maximum Gasteiger partial charge on any atom is 0.324 e. The Hall–Kier alpha value is -5.34. The summed E-state index contributed by atoms with van der Waals surface area (Å²) in [6.45, 7) is 15.2. The van der Waals surface area contributed by atoms with Crippen LogP contribution in [0.15, 0.2) is 53.5 Å². The number of H-pyrrole nitrogens is 1. The zero-order chi connectivity index (χ0) is 44.6. The third kappa shape index (κ3) is 9.08. The molecule has 3 N–H and O–H groups in total. The van der Waals surface area contributed by atoms with Crippen LogP contribution in [0.25, 0.3) is 33.4 Å². The van der Waals surface area contributed by atoms with Gasteiger partial charge in [0.1, 0.15) is 18.1 Å². The third-order valence-corrected chi connectivity index (χ3v) is 12.9. The van der Waals surface area contributed by atoms with E-state index in [-0.39, 0.29) is 42.3 Å². The Morgan fingerprint density at radius 2 is 1.85 bits per heavy atom. The van der Waals surface area contributed by atoms with E-state index in [1.54, 1.807) is 26.4 Å². The minimum atomic E-state index is -1.15. The van der Waals surface area contributed by atoms with Crippen molar-refractivity contribution >= 4 is 34.6 Å². The minimum Gasteiger partial charge on any atom is -0.464 e. The Bertz CT molecular complexity index is 2400. The normalized spacial score (nSPS) is 22.6. The van der Waals surface area contributed by atoms with Crippen LogP contribution >= 0.6 is 0 Å². The summed E-state index contributed by atoms with van der Waals surface area (Å²) in [5.74, 6) is -1.43. The number of benzene rings is 1. The first kappa shape index (κ1) is 44.7. The van der Waals surface area contributed by atoms with Crippen molar-refractivity contribution in [2.24, 2.45) is 23.2 Å². The smallest absolute Gasteiger partial charge is 0.324 e. The number of hydrogen-bond acceptors (Lipinski definition) is 9. The van der Waals surface area contributed by atoms with E-state index < -0.39 is 41.3 Å². The molecule has 1 aromatic carbocycles. The van der Waals surface area contributed by atoms with Gasteiger partial charge < -0.3 is 29.2 Å². The van der Waals surface area contributed by atoms with Crippen molar-refractivity contribution in [2.45, 2.75) is 118 Å². The van der Waals surface area contributed by atoms with Crippen LogP contribution in [0.4, 0.5) is 0 Å². The van der Waals surface area contributed by atoms with Gasteiger partial charge in [0.2, 0.25) is 11.8 Å². The molecule has 5 heterocycles. The molecule has 1 aliphatic carbocycles. The number of carbonyl (C=O) groups is 4. The monoisotopic (exact) mass is 849 g/mol. The van der Waals surface area contributed by atoms with Crippen LogP contribution in [0.3, 0.4) is 0 Å². The van der Waals surface area contributed by atoms with Crippen molar-refractivity contribution in [1.82, 2.24) is 35.2 Å². The molecule has 1 saturated carbocycles. The van der Waals surface area contributed by atoms with E-state index in [1.807, 2.05) is 32.9 Å². The Balaban J connectivity index is 1.34. The number of hydrazine groups is 1. The molecule has 3 amide bonds. The van der Waals surface area contributed by atoms with Crippen LogP contribution in [0.1, 0.15) is 97.2 Å². The summed E-state index contributed by atoms with van der Waals surface area (Å²) >= 11 is 0. The summed E-state index contributed by atoms with van der Waals surface area (Å²) in [5.41, 5.74) is 8.87. The molecule has 3 aromatic heterocycles. The first-order valence-corrected chi connectivity index (χ1v) is 22.2. The average molecular weight is 850 g/mol. The zero-order valence-electron chi connectivity index (χ0n) is 37.7. The van der Waals surface area contributed by atoms with Crippen LogP contribution in [-0.4, -0.2) is 93.6 Å². The Morgan fingerprint density at radius 3 is 2.55 bits per heavy atom. The number of hydrogen-bond donors (Lipinski definition) is 3. The van der Waals surface area contributed by atoms with Crippen molar-refractivity contribution in [2.75, 3.05) is 27.3 Å². The number of aromatic nitrogens is 3. The van der Waals surface area contributed by atoms with Gasteiger partial charge in [0, 0.05) is 91.2 Å². The third-order valence-electron chi connectivity index (χ3n) is 12.9. The number of cyclic esters (lactones) is 1. The summed E-state index contributed by atoms with van der Waals surface area (Å²) in [7, 11) is 3.32. The molecule has 3 aliphatic rings. The van der Waals surface area contributed by atoms with Gasteiger partial charge in [-0.3, -0.25) is 34.0 Å². The highest BCUT2D eigenvalue weighted by molar-refractivity contribution is 5.95. The Kier molecular flexibility index (Phi) is 13.1. The lowest BCUT2D eigenvalue weighted by atomic mass is 9.75. The van der Waals surface area contributed by atoms with Gasteiger partial charge in [-0.15, -0.1) is 0 Å². The number of aromatic amines is 1. The van der Waals surface area contributed by atoms with E-state index in [9.17, 15) is 24.0 Å². The largest absolute Gasteiger partial charge is 0.464 e. The van der Waals surface area contributed by atoms with E-state index in [4.69, 9.17) is 14.5 Å². The fourth-order valence-corrected chi connectivity index (χ4v) is 9.66. The molecular formula is C48H63N7O7. The number of ether oxygens (including phenoxy) is 2. The number of fused-ring (bicyclic) bond motifs is 6. The topological polar surface area (TPSA) is 168 Å². The molecule has 2 fully saturated rings. The Morgan fingerprint density at radius 1 is 1.10 bits per heavy atom. The number of likely N-dealkylation sites (N-methyl/N-ethyl adjacent to an activating group) is 1. The molecule has 62 heavy (non-hydrogen) atoms. The van der Waals surface area contributed by atoms with Crippen LogP contribution in [-0.2, 0) is 48.0 Å². The van der Waals surface area contributed by atoms with Gasteiger partial charge >= 0.3 is 5.97 Å². The predicted molar refractivity (Wildman–Crippen MR) is 238 cm³/mol. The number of pyridine rings is 2. The number of rotatable bonds is 9. The summed E-state index contributed by atoms with van der Waals surface area (Å²) in [5, 5.41) is 5.36. The van der Waals surface area contributed by atoms with Crippen molar-refractivity contribution in [3.8, 4) is 22.5 Å². The van der Waals surface area contributed by atoms with Gasteiger partial charge in [-0.05, 0) is 93.2 Å². The highest BCUT2D eigenvalue weighted by Crippen LogP contribution is 2.42. The number of methoxy groups -OCH3 is 1. The summed E-state index contributed by atoms with van der Waals surface area (Å²) in [6.07, 6.45) is 4.51. The van der Waals surface area contributed by atoms with Crippen molar-refractivity contribution in [3.63, 3.8) is 0 Å². The first-order valence-electron chi connectivity index (χ1n) is 22.2. The van der Waals surface area contributed by atoms with Crippen molar-refractivity contribution < 1.29 is 28.7 Å². The molecule has 14 nitrogen and oxygen atoms in total. The quantitative estimate of drug-likeness (QED) is 0.172. The molecule has 332 valence electrons.